The third-order valence-corrected chi connectivity index (χ3v) is 4.34. The first-order chi connectivity index (χ1) is 9.29. The fourth-order valence-corrected chi connectivity index (χ4v) is 3.28. The topological polar surface area (TPSA) is 53.1 Å². The monoisotopic (exact) mass is 318 g/mol. The van der Waals surface area contributed by atoms with Crippen molar-refractivity contribution in [2.75, 3.05) is 13.1 Å². The van der Waals surface area contributed by atoms with Gasteiger partial charge in [0.15, 0.2) is 5.69 Å². The number of rotatable bonds is 2. The molecule has 0 saturated carbocycles. The van der Waals surface area contributed by atoms with Crippen molar-refractivity contribution in [3.8, 4) is 6.07 Å². The van der Waals surface area contributed by atoms with Crippen molar-refractivity contribution < 1.29 is 0 Å². The van der Waals surface area contributed by atoms with Crippen molar-refractivity contribution in [2.24, 2.45) is 5.92 Å². The number of nitrogens with one attached hydrogen (secondary N) is 1. The number of hydrogen-bond donors (Lipinski definition) is 1. The van der Waals surface area contributed by atoms with Crippen LogP contribution in [-0.2, 0) is 6.42 Å². The molecule has 2 aromatic rings. The van der Waals surface area contributed by atoms with E-state index in [0.717, 1.165) is 35.5 Å². The van der Waals surface area contributed by atoms with Gasteiger partial charge in [0.2, 0.25) is 0 Å². The van der Waals surface area contributed by atoms with Crippen LogP contribution in [0, 0.1) is 17.2 Å². The zero-order valence-electron chi connectivity index (χ0n) is 10.6. The molecule has 19 heavy (non-hydrogen) atoms. The summed E-state index contributed by atoms with van der Waals surface area (Å²) in [5.74, 6) is 1.65. The van der Waals surface area contributed by atoms with E-state index in [1.807, 2.05) is 18.2 Å². The van der Waals surface area contributed by atoms with Crippen molar-refractivity contribution in [3.05, 3.63) is 34.3 Å². The molecule has 2 aromatic heterocycles. The van der Waals surface area contributed by atoms with Crippen molar-refractivity contribution in [1.82, 2.24) is 14.7 Å². The Morgan fingerprint density at radius 2 is 2.21 bits per heavy atom. The molecule has 0 amide bonds. The summed E-state index contributed by atoms with van der Waals surface area (Å²) < 4.78 is 3.02. The molecule has 3 heterocycles. The van der Waals surface area contributed by atoms with Crippen molar-refractivity contribution >= 4 is 21.4 Å². The maximum absolute atomic E-state index is 9.19. The van der Waals surface area contributed by atoms with Gasteiger partial charge in [0.25, 0.3) is 0 Å². The van der Waals surface area contributed by atoms with Gasteiger partial charge in [-0.15, -0.1) is 0 Å². The molecule has 0 bridgehead atoms. The molecule has 0 unspecified atom stereocenters. The van der Waals surface area contributed by atoms with Crippen molar-refractivity contribution in [1.29, 1.82) is 5.26 Å². The lowest BCUT2D eigenvalue weighted by molar-refractivity contribution is 0.366. The second-order valence-electron chi connectivity index (χ2n) is 4.96. The summed E-state index contributed by atoms with van der Waals surface area (Å²) in [6, 6.07) is 8.06. The normalized spacial score (nSPS) is 16.6. The molecule has 0 atom stereocenters. The SMILES string of the molecule is N#Cc1nc(CC2CCNCC2)n2c(Br)cccc12. The Labute approximate surface area is 120 Å². The minimum absolute atomic E-state index is 0.519. The second-order valence-corrected chi connectivity index (χ2v) is 5.77. The van der Waals surface area contributed by atoms with Gasteiger partial charge in [0, 0.05) is 6.42 Å². The maximum atomic E-state index is 9.19. The first-order valence-corrected chi connectivity index (χ1v) is 7.35. The van der Waals surface area contributed by atoms with E-state index < -0.39 is 0 Å². The van der Waals surface area contributed by atoms with E-state index >= 15 is 0 Å². The first kappa shape index (κ1) is 12.6. The van der Waals surface area contributed by atoms with E-state index in [4.69, 9.17) is 0 Å². The van der Waals surface area contributed by atoms with Crippen LogP contribution in [-0.4, -0.2) is 22.5 Å². The first-order valence-electron chi connectivity index (χ1n) is 6.56. The molecule has 1 aliphatic rings. The number of halogens is 1. The van der Waals surface area contributed by atoms with Gasteiger partial charge in [-0.1, -0.05) is 6.07 Å². The fraction of sp³-hybridized carbons (Fsp3) is 0.429. The highest BCUT2D eigenvalue weighted by atomic mass is 79.9. The molecule has 0 aromatic carbocycles. The summed E-state index contributed by atoms with van der Waals surface area (Å²) in [6.45, 7) is 2.17. The van der Waals surface area contributed by atoms with Gasteiger partial charge in [-0.3, -0.25) is 4.40 Å². The lowest BCUT2D eigenvalue weighted by Crippen LogP contribution is -2.29. The van der Waals surface area contributed by atoms with Crippen LogP contribution < -0.4 is 5.32 Å². The zero-order chi connectivity index (χ0) is 13.2. The van der Waals surface area contributed by atoms with E-state index in [0.29, 0.717) is 11.6 Å². The van der Waals surface area contributed by atoms with Crippen molar-refractivity contribution in [2.45, 2.75) is 19.3 Å². The molecule has 0 aliphatic carbocycles. The fourth-order valence-electron chi connectivity index (χ4n) is 2.73. The highest BCUT2D eigenvalue weighted by molar-refractivity contribution is 9.10. The minimum Gasteiger partial charge on any atom is -0.317 e. The van der Waals surface area contributed by atoms with Crippen LogP contribution in [0.2, 0.25) is 0 Å². The molecular weight excluding hydrogens is 304 g/mol. The van der Waals surface area contributed by atoms with Crippen LogP contribution in [0.1, 0.15) is 24.4 Å². The van der Waals surface area contributed by atoms with E-state index in [9.17, 15) is 5.26 Å². The Morgan fingerprint density at radius 3 is 2.95 bits per heavy atom. The highest BCUT2D eigenvalue weighted by Gasteiger charge is 2.19. The molecule has 1 aliphatic heterocycles. The number of nitriles is 1. The van der Waals surface area contributed by atoms with Gasteiger partial charge in [-0.25, -0.2) is 4.98 Å². The van der Waals surface area contributed by atoms with Crippen LogP contribution in [0.5, 0.6) is 0 Å². The Morgan fingerprint density at radius 1 is 1.42 bits per heavy atom. The largest absolute Gasteiger partial charge is 0.317 e. The maximum Gasteiger partial charge on any atom is 0.166 e. The summed E-state index contributed by atoms with van der Waals surface area (Å²) >= 11 is 3.56. The summed E-state index contributed by atoms with van der Waals surface area (Å²) in [4.78, 5) is 4.51. The Balaban J connectivity index is 2.01. The lowest BCUT2D eigenvalue weighted by Gasteiger charge is -2.21. The van der Waals surface area contributed by atoms with E-state index in [1.165, 1.54) is 12.8 Å². The average molecular weight is 319 g/mol. The molecule has 0 radical (unpaired) electrons. The molecule has 1 N–H and O–H groups in total. The number of nitrogens with zero attached hydrogens (tertiary/aromatic N) is 3. The number of hydrogen-bond acceptors (Lipinski definition) is 3. The lowest BCUT2D eigenvalue weighted by atomic mass is 9.94. The van der Waals surface area contributed by atoms with E-state index in [-0.39, 0.29) is 0 Å². The minimum atomic E-state index is 0.519. The molecule has 1 saturated heterocycles. The Kier molecular flexibility index (Phi) is 3.54. The van der Waals surface area contributed by atoms with Crippen LogP contribution in [0.4, 0.5) is 0 Å². The second kappa shape index (κ2) is 5.32. The third-order valence-electron chi connectivity index (χ3n) is 3.72. The molecule has 0 spiro atoms. The molecule has 4 nitrogen and oxygen atoms in total. The molecular formula is C14H15BrN4. The van der Waals surface area contributed by atoms with Crippen LogP contribution in [0.25, 0.3) is 5.52 Å². The van der Waals surface area contributed by atoms with Gasteiger partial charge >= 0.3 is 0 Å². The standard InChI is InChI=1S/C14H15BrN4/c15-13-3-1-2-12-11(9-16)18-14(19(12)13)8-10-4-6-17-7-5-10/h1-3,10,17H,4-8H2. The van der Waals surface area contributed by atoms with Gasteiger partial charge in [0.1, 0.15) is 11.9 Å². The number of aromatic nitrogens is 2. The number of pyridine rings is 1. The van der Waals surface area contributed by atoms with Gasteiger partial charge < -0.3 is 5.32 Å². The van der Waals surface area contributed by atoms with Gasteiger partial charge in [0.05, 0.1) is 10.1 Å². The average Bonchev–Trinajstić information content (AvgIpc) is 2.79. The van der Waals surface area contributed by atoms with E-state index in [2.05, 4.69) is 36.7 Å². The smallest absolute Gasteiger partial charge is 0.166 e. The predicted octanol–water partition coefficient (Wildman–Crippen LogP) is 2.51. The number of fused-ring (bicyclic) bond motifs is 1. The Bertz CT molecular complexity index is 635. The van der Waals surface area contributed by atoms with Crippen LogP contribution >= 0.6 is 15.9 Å². The molecule has 98 valence electrons. The quantitative estimate of drug-likeness (QED) is 0.866. The summed E-state index contributed by atoms with van der Waals surface area (Å²) in [5.41, 5.74) is 1.41. The Hall–Kier alpha value is -1.38. The number of piperidine rings is 1. The molecule has 1 fully saturated rings. The van der Waals surface area contributed by atoms with Crippen LogP contribution in [0.15, 0.2) is 22.8 Å². The summed E-state index contributed by atoms with van der Waals surface area (Å²) in [6.07, 6.45) is 3.30. The predicted molar refractivity (Wildman–Crippen MR) is 76.9 cm³/mol. The molecule has 3 rings (SSSR count). The number of imidazole rings is 1. The van der Waals surface area contributed by atoms with Gasteiger partial charge in [-0.05, 0) is 59.9 Å². The van der Waals surface area contributed by atoms with Crippen LogP contribution in [0.3, 0.4) is 0 Å². The molecule has 5 heteroatoms. The van der Waals surface area contributed by atoms with Crippen molar-refractivity contribution in [3.63, 3.8) is 0 Å². The van der Waals surface area contributed by atoms with E-state index in [1.54, 1.807) is 0 Å². The summed E-state index contributed by atoms with van der Waals surface area (Å²) in [7, 11) is 0. The highest BCUT2D eigenvalue weighted by Crippen LogP contribution is 2.23. The summed E-state index contributed by atoms with van der Waals surface area (Å²) in [5, 5.41) is 12.6. The van der Waals surface area contributed by atoms with Gasteiger partial charge in [-0.2, -0.15) is 5.26 Å². The third kappa shape index (κ3) is 2.38. The zero-order valence-corrected chi connectivity index (χ0v) is 12.2.